The van der Waals surface area contributed by atoms with Crippen molar-refractivity contribution in [2.45, 2.75) is 13.0 Å². The minimum atomic E-state index is -0.0774. The van der Waals surface area contributed by atoms with Gasteiger partial charge in [-0.1, -0.05) is 24.3 Å². The Morgan fingerprint density at radius 1 is 1.07 bits per heavy atom. The summed E-state index contributed by atoms with van der Waals surface area (Å²) in [5.74, 6) is 0.945. The van der Waals surface area contributed by atoms with Crippen LogP contribution < -0.4 is 15.4 Å². The third-order valence-corrected chi connectivity index (χ3v) is 5.06. The van der Waals surface area contributed by atoms with Crippen LogP contribution in [0.1, 0.15) is 16.1 Å². The number of ether oxygens (including phenoxy) is 1. The summed E-state index contributed by atoms with van der Waals surface area (Å²) in [6, 6.07) is 20.6. The Morgan fingerprint density at radius 2 is 1.87 bits per heavy atom. The summed E-state index contributed by atoms with van der Waals surface area (Å²) in [6.07, 6.45) is 0.695. The van der Waals surface area contributed by atoms with Crippen LogP contribution in [-0.4, -0.2) is 34.6 Å². The lowest BCUT2D eigenvalue weighted by molar-refractivity contribution is 0.0993. The molecule has 2 heterocycles. The Kier molecular flexibility index (Phi) is 5.34. The van der Waals surface area contributed by atoms with E-state index >= 15 is 0 Å². The molecule has 2 aromatic heterocycles. The number of fused-ring (bicyclic) bond motifs is 1. The Balaban J connectivity index is 1.57. The van der Waals surface area contributed by atoms with Crippen LogP contribution in [0, 0.1) is 0 Å². The number of anilines is 2. The van der Waals surface area contributed by atoms with Crippen molar-refractivity contribution in [3.05, 3.63) is 78.0 Å². The molecule has 0 unspecified atom stereocenters. The Hall–Kier alpha value is -3.87. The Labute approximate surface area is 174 Å². The van der Waals surface area contributed by atoms with E-state index < -0.39 is 0 Å². The molecule has 0 atom stereocenters. The molecule has 0 spiro atoms. The van der Waals surface area contributed by atoms with Gasteiger partial charge >= 0.3 is 0 Å². The minimum Gasteiger partial charge on any atom is -0.481 e. The zero-order valence-corrected chi connectivity index (χ0v) is 16.9. The Morgan fingerprint density at radius 3 is 2.63 bits per heavy atom. The number of nitrogens with two attached hydrogens (primary N) is 1. The van der Waals surface area contributed by atoms with Gasteiger partial charge < -0.3 is 19.9 Å². The van der Waals surface area contributed by atoms with E-state index in [4.69, 9.17) is 10.5 Å². The van der Waals surface area contributed by atoms with Crippen LogP contribution >= 0.6 is 0 Å². The zero-order chi connectivity index (χ0) is 21.1. The van der Waals surface area contributed by atoms with Crippen molar-refractivity contribution in [3.63, 3.8) is 0 Å². The van der Waals surface area contributed by atoms with E-state index in [9.17, 15) is 4.79 Å². The van der Waals surface area contributed by atoms with E-state index in [0.29, 0.717) is 30.4 Å². The largest absolute Gasteiger partial charge is 0.481 e. The lowest BCUT2D eigenvalue weighted by Gasteiger charge is -2.17. The molecule has 0 bridgehead atoms. The summed E-state index contributed by atoms with van der Waals surface area (Å²) < 4.78 is 7.14. The Bertz CT molecular complexity index is 1190. The second kappa shape index (κ2) is 8.24. The van der Waals surface area contributed by atoms with E-state index in [1.807, 2.05) is 59.2 Å². The number of imidazole rings is 1. The van der Waals surface area contributed by atoms with Gasteiger partial charge in [0.05, 0.1) is 18.1 Å². The summed E-state index contributed by atoms with van der Waals surface area (Å²) in [7, 11) is 3.36. The second-order valence-electron chi connectivity index (χ2n) is 6.95. The first-order valence-corrected chi connectivity index (χ1v) is 9.65. The van der Waals surface area contributed by atoms with Gasteiger partial charge in [-0.3, -0.25) is 4.79 Å². The van der Waals surface area contributed by atoms with Gasteiger partial charge in [0.1, 0.15) is 0 Å². The quantitative estimate of drug-likeness (QED) is 0.534. The lowest BCUT2D eigenvalue weighted by Crippen LogP contribution is -2.26. The normalized spacial score (nSPS) is 10.9. The molecule has 30 heavy (non-hydrogen) atoms. The number of amides is 1. The van der Waals surface area contributed by atoms with Crippen molar-refractivity contribution in [2.75, 3.05) is 24.8 Å². The fraction of sp³-hybridized carbons (Fsp3) is 0.174. The maximum atomic E-state index is 12.7. The highest BCUT2D eigenvalue weighted by Crippen LogP contribution is 2.25. The van der Waals surface area contributed by atoms with Crippen molar-refractivity contribution < 1.29 is 9.53 Å². The number of aryl methyl sites for hydroxylation is 2. The first kappa shape index (κ1) is 19.4. The van der Waals surface area contributed by atoms with Gasteiger partial charge in [-0.2, -0.15) is 0 Å². The molecular formula is C23H23N5O2. The smallest absolute Gasteiger partial charge is 0.258 e. The number of pyridine rings is 1. The standard InChI is InChI=1S/C23H23N5O2/c1-27(22(29)16-7-4-3-5-8-16)18-11-12-20-19(15-18)26-23(24)28(20)14-13-17-9-6-10-21(25-17)30-2/h3-12,15H,13-14H2,1-2H3,(H2,24,26). The molecule has 7 heteroatoms. The molecule has 2 aromatic carbocycles. The molecular weight excluding hydrogens is 378 g/mol. The topological polar surface area (TPSA) is 86.3 Å². The van der Waals surface area contributed by atoms with Crippen LogP contribution in [0.3, 0.4) is 0 Å². The van der Waals surface area contributed by atoms with E-state index in [-0.39, 0.29) is 5.91 Å². The molecule has 0 radical (unpaired) electrons. The van der Waals surface area contributed by atoms with E-state index in [1.165, 1.54) is 0 Å². The van der Waals surface area contributed by atoms with Crippen LogP contribution in [0.4, 0.5) is 11.6 Å². The maximum Gasteiger partial charge on any atom is 0.258 e. The molecule has 0 saturated carbocycles. The molecule has 0 saturated heterocycles. The molecule has 152 valence electrons. The fourth-order valence-corrected chi connectivity index (χ4v) is 3.41. The van der Waals surface area contributed by atoms with Gasteiger partial charge in [0.15, 0.2) is 0 Å². The number of hydrogen-bond acceptors (Lipinski definition) is 5. The number of rotatable bonds is 6. The van der Waals surface area contributed by atoms with Crippen molar-refractivity contribution in [1.29, 1.82) is 0 Å². The molecule has 2 N–H and O–H groups in total. The van der Waals surface area contributed by atoms with Crippen LogP contribution in [0.25, 0.3) is 11.0 Å². The van der Waals surface area contributed by atoms with E-state index in [2.05, 4.69) is 9.97 Å². The lowest BCUT2D eigenvalue weighted by atomic mass is 10.2. The van der Waals surface area contributed by atoms with Gasteiger partial charge in [0.2, 0.25) is 11.8 Å². The first-order valence-electron chi connectivity index (χ1n) is 9.65. The van der Waals surface area contributed by atoms with Crippen LogP contribution in [0.15, 0.2) is 66.7 Å². The molecule has 7 nitrogen and oxygen atoms in total. The number of aromatic nitrogens is 3. The van der Waals surface area contributed by atoms with E-state index in [0.717, 1.165) is 22.4 Å². The highest BCUT2D eigenvalue weighted by atomic mass is 16.5. The fourth-order valence-electron chi connectivity index (χ4n) is 3.41. The van der Waals surface area contributed by atoms with Crippen LogP contribution in [0.2, 0.25) is 0 Å². The van der Waals surface area contributed by atoms with Crippen molar-refractivity contribution >= 4 is 28.6 Å². The second-order valence-corrected chi connectivity index (χ2v) is 6.95. The predicted octanol–water partition coefficient (Wildman–Crippen LogP) is 3.54. The first-order chi connectivity index (χ1) is 14.6. The molecule has 4 aromatic rings. The number of nitrogens with zero attached hydrogens (tertiary/aromatic N) is 4. The van der Waals surface area contributed by atoms with Gasteiger partial charge in [0, 0.05) is 43.0 Å². The molecule has 0 fully saturated rings. The number of hydrogen-bond donors (Lipinski definition) is 1. The average Bonchev–Trinajstić information content (AvgIpc) is 3.11. The highest BCUT2D eigenvalue weighted by molar-refractivity contribution is 6.06. The molecule has 1 amide bonds. The van der Waals surface area contributed by atoms with Gasteiger partial charge in [-0.15, -0.1) is 0 Å². The number of nitrogen functional groups attached to an aromatic ring is 1. The van der Waals surface area contributed by atoms with Crippen LogP contribution in [-0.2, 0) is 13.0 Å². The van der Waals surface area contributed by atoms with Crippen LogP contribution in [0.5, 0.6) is 5.88 Å². The van der Waals surface area contributed by atoms with Crippen molar-refractivity contribution in [2.24, 2.45) is 0 Å². The number of methoxy groups -OCH3 is 1. The summed E-state index contributed by atoms with van der Waals surface area (Å²) in [5, 5.41) is 0. The summed E-state index contributed by atoms with van der Waals surface area (Å²) in [6.45, 7) is 0.640. The SMILES string of the molecule is COc1cccc(CCn2c(N)nc3cc(N(C)C(=O)c4ccccc4)ccc32)n1. The van der Waals surface area contributed by atoms with Crippen molar-refractivity contribution in [3.8, 4) is 5.88 Å². The van der Waals surface area contributed by atoms with Gasteiger partial charge in [-0.25, -0.2) is 9.97 Å². The molecule has 0 aliphatic rings. The van der Waals surface area contributed by atoms with E-state index in [1.54, 1.807) is 31.2 Å². The predicted molar refractivity (Wildman–Crippen MR) is 118 cm³/mol. The minimum absolute atomic E-state index is 0.0774. The molecule has 0 aliphatic heterocycles. The number of carbonyl (C=O) groups is 1. The molecule has 0 aliphatic carbocycles. The zero-order valence-electron chi connectivity index (χ0n) is 16.9. The monoisotopic (exact) mass is 401 g/mol. The third-order valence-electron chi connectivity index (χ3n) is 5.06. The average molecular weight is 401 g/mol. The summed E-state index contributed by atoms with van der Waals surface area (Å²) in [5.41, 5.74) is 10.2. The molecule has 4 rings (SSSR count). The maximum absolute atomic E-state index is 12.7. The van der Waals surface area contributed by atoms with Crippen molar-refractivity contribution in [1.82, 2.24) is 14.5 Å². The number of benzene rings is 2. The number of carbonyl (C=O) groups excluding carboxylic acids is 1. The van der Waals surface area contributed by atoms with Gasteiger partial charge in [0.25, 0.3) is 5.91 Å². The summed E-state index contributed by atoms with van der Waals surface area (Å²) >= 11 is 0. The highest BCUT2D eigenvalue weighted by Gasteiger charge is 2.16. The third kappa shape index (κ3) is 3.82. The summed E-state index contributed by atoms with van der Waals surface area (Å²) in [4.78, 5) is 23.3. The van der Waals surface area contributed by atoms with Gasteiger partial charge in [-0.05, 0) is 36.4 Å².